The number of carbonyl (C=O) groups is 1. The van der Waals surface area contributed by atoms with Gasteiger partial charge in [-0.05, 0) is 66.8 Å². The van der Waals surface area contributed by atoms with Crippen molar-refractivity contribution < 1.29 is 14.3 Å². The van der Waals surface area contributed by atoms with Crippen molar-refractivity contribution in [2.45, 2.75) is 31.7 Å². The number of methoxy groups -OCH3 is 2. The molecule has 7 heteroatoms. The van der Waals surface area contributed by atoms with Gasteiger partial charge in [-0.3, -0.25) is 9.89 Å². The van der Waals surface area contributed by atoms with Gasteiger partial charge in [-0.2, -0.15) is 5.10 Å². The highest BCUT2D eigenvalue weighted by Crippen LogP contribution is 2.25. The average molecular weight is 435 g/mol. The van der Waals surface area contributed by atoms with Crippen molar-refractivity contribution in [2.75, 3.05) is 32.2 Å². The lowest BCUT2D eigenvalue weighted by Gasteiger charge is -2.32. The molecule has 32 heavy (non-hydrogen) atoms. The minimum Gasteiger partial charge on any atom is -0.497 e. The van der Waals surface area contributed by atoms with Crippen LogP contribution in [0.4, 0.5) is 5.82 Å². The number of aromatic nitrogens is 2. The summed E-state index contributed by atoms with van der Waals surface area (Å²) in [6.45, 7) is 1.74. The molecular formula is C25H30N4O3. The van der Waals surface area contributed by atoms with Gasteiger partial charge in [0, 0.05) is 31.6 Å². The summed E-state index contributed by atoms with van der Waals surface area (Å²) in [6, 6.07) is 18.1. The van der Waals surface area contributed by atoms with Gasteiger partial charge in [-0.15, -0.1) is 0 Å². The average Bonchev–Trinajstić information content (AvgIpc) is 3.34. The van der Waals surface area contributed by atoms with E-state index in [4.69, 9.17) is 9.47 Å². The zero-order chi connectivity index (χ0) is 22.3. The molecule has 2 heterocycles. The smallest absolute Gasteiger partial charge is 0.220 e. The van der Waals surface area contributed by atoms with Crippen LogP contribution in [0.2, 0.25) is 0 Å². The van der Waals surface area contributed by atoms with Crippen molar-refractivity contribution in [2.24, 2.45) is 0 Å². The highest BCUT2D eigenvalue weighted by atomic mass is 16.5. The summed E-state index contributed by atoms with van der Waals surface area (Å²) in [7, 11) is 3.32. The van der Waals surface area contributed by atoms with Crippen molar-refractivity contribution >= 4 is 11.7 Å². The molecular weight excluding hydrogens is 404 g/mol. The third-order valence-corrected chi connectivity index (χ3v) is 5.92. The van der Waals surface area contributed by atoms with E-state index in [1.54, 1.807) is 14.2 Å². The second-order valence-corrected chi connectivity index (χ2v) is 8.05. The molecule has 0 saturated carbocycles. The second kappa shape index (κ2) is 10.2. The first kappa shape index (κ1) is 21.7. The standard InChI is InChI=1S/C25H30N4O3/c1-31-21-9-7-19(8-10-21)23-17-24(28-27-23)29-14-12-20(13-15-29)26-25(30)11-6-18-4-3-5-22(16-18)32-2/h3-5,7-10,16-17,20H,6,11-15H2,1-2H3,(H,26,30)(H,27,28). The molecule has 0 spiro atoms. The summed E-state index contributed by atoms with van der Waals surface area (Å²) in [6.07, 6.45) is 3.02. The van der Waals surface area contributed by atoms with Crippen molar-refractivity contribution in [3.05, 3.63) is 60.2 Å². The van der Waals surface area contributed by atoms with Gasteiger partial charge in [0.2, 0.25) is 5.91 Å². The lowest BCUT2D eigenvalue weighted by Crippen LogP contribution is -2.44. The molecule has 168 valence electrons. The number of aromatic amines is 1. The fraction of sp³-hybridized carbons (Fsp3) is 0.360. The van der Waals surface area contributed by atoms with E-state index in [0.29, 0.717) is 12.8 Å². The fourth-order valence-electron chi connectivity index (χ4n) is 4.03. The van der Waals surface area contributed by atoms with Crippen molar-refractivity contribution in [3.8, 4) is 22.8 Å². The van der Waals surface area contributed by atoms with Crippen LogP contribution in [0.1, 0.15) is 24.8 Å². The van der Waals surface area contributed by atoms with Crippen molar-refractivity contribution in [1.29, 1.82) is 0 Å². The number of rotatable bonds is 8. The van der Waals surface area contributed by atoms with Gasteiger partial charge in [0.1, 0.15) is 11.5 Å². The third-order valence-electron chi connectivity index (χ3n) is 5.92. The predicted molar refractivity (Wildman–Crippen MR) is 125 cm³/mol. The van der Waals surface area contributed by atoms with Crippen LogP contribution < -0.4 is 19.7 Å². The molecule has 1 saturated heterocycles. The number of nitrogens with one attached hydrogen (secondary N) is 2. The molecule has 0 radical (unpaired) electrons. The Balaban J connectivity index is 1.24. The van der Waals surface area contributed by atoms with Gasteiger partial charge >= 0.3 is 0 Å². The van der Waals surface area contributed by atoms with E-state index in [1.165, 1.54) is 0 Å². The lowest BCUT2D eigenvalue weighted by atomic mass is 10.0. The second-order valence-electron chi connectivity index (χ2n) is 8.05. The van der Waals surface area contributed by atoms with Crippen molar-refractivity contribution in [3.63, 3.8) is 0 Å². The highest BCUT2D eigenvalue weighted by Gasteiger charge is 2.22. The van der Waals surface area contributed by atoms with E-state index in [2.05, 4.69) is 26.5 Å². The fourth-order valence-corrected chi connectivity index (χ4v) is 4.03. The Hall–Kier alpha value is -3.48. The Bertz CT molecular complexity index is 1020. The molecule has 0 atom stereocenters. The summed E-state index contributed by atoms with van der Waals surface area (Å²) in [5.41, 5.74) is 3.17. The molecule has 1 aromatic heterocycles. The molecule has 0 bridgehead atoms. The minimum absolute atomic E-state index is 0.104. The van der Waals surface area contributed by atoms with Gasteiger partial charge < -0.3 is 19.7 Å². The number of nitrogens with zero attached hydrogens (tertiary/aromatic N) is 2. The summed E-state index contributed by atoms with van der Waals surface area (Å²) in [5, 5.41) is 10.8. The largest absolute Gasteiger partial charge is 0.497 e. The maximum Gasteiger partial charge on any atom is 0.220 e. The van der Waals surface area contributed by atoms with E-state index in [9.17, 15) is 4.79 Å². The first-order valence-electron chi connectivity index (χ1n) is 11.0. The molecule has 1 fully saturated rings. The zero-order valence-electron chi connectivity index (χ0n) is 18.6. The number of anilines is 1. The van der Waals surface area contributed by atoms with E-state index >= 15 is 0 Å². The number of hydrogen-bond donors (Lipinski definition) is 2. The third kappa shape index (κ3) is 5.41. The lowest BCUT2D eigenvalue weighted by molar-refractivity contribution is -0.121. The van der Waals surface area contributed by atoms with E-state index in [1.807, 2.05) is 48.5 Å². The zero-order valence-corrected chi connectivity index (χ0v) is 18.6. The molecule has 0 unspecified atom stereocenters. The normalized spacial score (nSPS) is 14.2. The monoisotopic (exact) mass is 434 g/mol. The summed E-state index contributed by atoms with van der Waals surface area (Å²) in [5.74, 6) is 2.70. The molecule has 2 N–H and O–H groups in total. The Labute approximate surface area is 188 Å². The number of benzene rings is 2. The minimum atomic E-state index is 0.104. The quantitative estimate of drug-likeness (QED) is 0.564. The van der Waals surface area contributed by atoms with Crippen LogP contribution in [-0.4, -0.2) is 49.5 Å². The van der Waals surface area contributed by atoms with Gasteiger partial charge in [0.15, 0.2) is 5.82 Å². The number of carbonyl (C=O) groups excluding carboxylic acids is 1. The highest BCUT2D eigenvalue weighted by molar-refractivity contribution is 5.76. The van der Waals surface area contributed by atoms with Gasteiger partial charge in [0.25, 0.3) is 0 Å². The Morgan fingerprint density at radius 1 is 1.06 bits per heavy atom. The summed E-state index contributed by atoms with van der Waals surface area (Å²) >= 11 is 0. The van der Waals surface area contributed by atoms with Crippen LogP contribution in [0.5, 0.6) is 11.5 Å². The van der Waals surface area contributed by atoms with Crippen LogP contribution in [-0.2, 0) is 11.2 Å². The van der Waals surface area contributed by atoms with Crippen LogP contribution in [0, 0.1) is 0 Å². The van der Waals surface area contributed by atoms with Crippen LogP contribution in [0.25, 0.3) is 11.3 Å². The van der Waals surface area contributed by atoms with Crippen molar-refractivity contribution in [1.82, 2.24) is 15.5 Å². The van der Waals surface area contributed by atoms with E-state index < -0.39 is 0 Å². The molecule has 0 aliphatic carbocycles. The van der Waals surface area contributed by atoms with Gasteiger partial charge in [-0.25, -0.2) is 0 Å². The Morgan fingerprint density at radius 3 is 2.53 bits per heavy atom. The molecule has 4 rings (SSSR count). The molecule has 2 aromatic carbocycles. The number of ether oxygens (including phenoxy) is 2. The number of aryl methyl sites for hydroxylation is 1. The Kier molecular flexibility index (Phi) is 6.94. The maximum atomic E-state index is 12.4. The molecule has 7 nitrogen and oxygen atoms in total. The number of piperidine rings is 1. The summed E-state index contributed by atoms with van der Waals surface area (Å²) < 4.78 is 10.5. The topological polar surface area (TPSA) is 79.5 Å². The Morgan fingerprint density at radius 2 is 1.81 bits per heavy atom. The van der Waals surface area contributed by atoms with E-state index in [0.717, 1.165) is 60.1 Å². The molecule has 1 aliphatic rings. The maximum absolute atomic E-state index is 12.4. The number of amides is 1. The molecule has 1 amide bonds. The first-order valence-corrected chi connectivity index (χ1v) is 11.0. The summed E-state index contributed by atoms with van der Waals surface area (Å²) in [4.78, 5) is 14.7. The molecule has 1 aliphatic heterocycles. The number of H-pyrrole nitrogens is 1. The first-order chi connectivity index (χ1) is 15.6. The van der Waals surface area contributed by atoms with E-state index in [-0.39, 0.29) is 11.9 Å². The number of hydrogen-bond acceptors (Lipinski definition) is 5. The predicted octanol–water partition coefficient (Wildman–Crippen LogP) is 3.81. The van der Waals surface area contributed by atoms with Crippen LogP contribution in [0.15, 0.2) is 54.6 Å². The van der Waals surface area contributed by atoms with Crippen LogP contribution in [0.3, 0.4) is 0 Å². The van der Waals surface area contributed by atoms with Gasteiger partial charge in [-0.1, -0.05) is 12.1 Å². The van der Waals surface area contributed by atoms with Gasteiger partial charge in [0.05, 0.1) is 19.9 Å². The van der Waals surface area contributed by atoms with Crippen LogP contribution >= 0.6 is 0 Å². The SMILES string of the molecule is COc1ccc(-c2cc(N3CCC(NC(=O)CCc4cccc(OC)c4)CC3)n[nH]2)cc1. The molecule has 3 aromatic rings.